The van der Waals surface area contributed by atoms with E-state index in [2.05, 4.69) is 42.4 Å². The molecule has 3 N–H and O–H groups in total. The molecule has 0 bridgehead atoms. The fraction of sp³-hybridized carbons (Fsp3) is 0.393. The van der Waals surface area contributed by atoms with Crippen molar-refractivity contribution in [3.05, 3.63) is 64.4 Å². The Bertz CT molecular complexity index is 1370. The summed E-state index contributed by atoms with van der Waals surface area (Å²) in [5, 5.41) is 8.63. The predicted molar refractivity (Wildman–Crippen MR) is 154 cm³/mol. The van der Waals surface area contributed by atoms with Crippen LogP contribution in [0.4, 0.5) is 23.2 Å². The molecule has 0 aromatic heterocycles. The maximum absolute atomic E-state index is 15.0. The predicted octanol–water partition coefficient (Wildman–Crippen LogP) is 5.46. The Hall–Kier alpha value is -4.00. The van der Waals surface area contributed by atoms with Crippen molar-refractivity contribution >= 4 is 47.8 Å². The number of rotatable bonds is 9. The number of hydrogen-bond donors (Lipinski definition) is 3. The Morgan fingerprint density at radius 3 is 2.26 bits per heavy atom. The van der Waals surface area contributed by atoms with Gasteiger partial charge in [-0.3, -0.25) is 9.59 Å². The first-order valence-electron chi connectivity index (χ1n) is 12.8. The topological polar surface area (TPSA) is 117 Å². The second-order valence-corrected chi connectivity index (χ2v) is 10.9. The first-order valence-corrected chi connectivity index (χ1v) is 13.2. The zero-order chi connectivity index (χ0) is 31.1. The minimum Gasteiger partial charge on any atom is -0.454 e. The van der Waals surface area contributed by atoms with E-state index in [1.54, 1.807) is 24.3 Å². The molecule has 0 atom stereocenters. The van der Waals surface area contributed by atoms with E-state index in [1.807, 2.05) is 13.8 Å². The van der Waals surface area contributed by atoms with Gasteiger partial charge in [-0.25, -0.2) is 14.4 Å². The third kappa shape index (κ3) is 9.82. The van der Waals surface area contributed by atoms with Gasteiger partial charge in [-0.05, 0) is 60.9 Å². The number of hydrogen-bond acceptors (Lipinski definition) is 4. The van der Waals surface area contributed by atoms with Crippen molar-refractivity contribution in [3.8, 4) is 0 Å². The summed E-state index contributed by atoms with van der Waals surface area (Å²) in [6.45, 7) is 7.07. The average Bonchev–Trinajstić information content (AvgIpc) is 3.69. The van der Waals surface area contributed by atoms with Crippen molar-refractivity contribution < 1.29 is 31.9 Å². The molecule has 1 fully saturated rings. The fourth-order valence-corrected chi connectivity index (χ4v) is 3.85. The zero-order valence-electron chi connectivity index (χ0n) is 23.2. The summed E-state index contributed by atoms with van der Waals surface area (Å²) in [5.74, 6) is -1.95. The molecule has 3 rings (SSSR count). The van der Waals surface area contributed by atoms with Gasteiger partial charge in [0.2, 0.25) is 11.9 Å². The summed E-state index contributed by atoms with van der Waals surface area (Å²) < 4.78 is 57.8. The van der Waals surface area contributed by atoms with Crippen LogP contribution in [0.2, 0.25) is 5.02 Å². The van der Waals surface area contributed by atoms with Crippen molar-refractivity contribution in [2.24, 2.45) is 20.4 Å². The summed E-state index contributed by atoms with van der Waals surface area (Å²) in [6, 6.07) is 9.90. The Kier molecular flexibility index (Phi) is 10.3. The number of ether oxygens (including phenoxy) is 1. The molecule has 9 nitrogen and oxygen atoms in total. The Morgan fingerprint density at radius 1 is 1.07 bits per heavy atom. The van der Waals surface area contributed by atoms with Gasteiger partial charge in [0.1, 0.15) is 5.82 Å². The maximum atomic E-state index is 15.0. The van der Waals surface area contributed by atoms with Crippen molar-refractivity contribution in [3.63, 3.8) is 0 Å². The van der Waals surface area contributed by atoms with Crippen LogP contribution < -0.4 is 16.0 Å². The van der Waals surface area contributed by atoms with E-state index >= 15 is 4.39 Å². The molecule has 42 heavy (non-hydrogen) atoms. The second kappa shape index (κ2) is 13.3. The van der Waals surface area contributed by atoms with Gasteiger partial charge >= 0.3 is 12.2 Å². The summed E-state index contributed by atoms with van der Waals surface area (Å²) in [5.41, 5.74) is -0.556. The number of amidine groups is 1. The number of halogens is 5. The molecular weight excluding hydrogens is 580 g/mol. The standard InChI is InChI=1S/C28H31ClF4N6O3/c1-17(40)35-14-26(2,3)15-36-23(41)21-10-9-20(13-22(21)30)37-24(38-25(34-4)42-16-28(31,32)33)39-27(11-12-27)18-5-7-19(29)8-6-18/h5-10,13H,4,11-12,14-16H2,1-3H3,(H,35,40)(H,36,41)(H,37,39)/b38-25+. The van der Waals surface area contributed by atoms with Crippen LogP contribution in [0.15, 0.2) is 57.4 Å². The lowest BCUT2D eigenvalue weighted by atomic mass is 9.93. The molecule has 2 aromatic carbocycles. The van der Waals surface area contributed by atoms with Crippen LogP contribution in [0.3, 0.4) is 0 Å². The van der Waals surface area contributed by atoms with Crippen LogP contribution in [0.1, 0.15) is 49.5 Å². The molecule has 0 aliphatic heterocycles. The van der Waals surface area contributed by atoms with Crippen LogP contribution in [0.25, 0.3) is 0 Å². The molecule has 0 heterocycles. The third-order valence-corrected chi connectivity index (χ3v) is 6.39. The molecule has 2 aromatic rings. The van der Waals surface area contributed by atoms with Gasteiger partial charge in [-0.1, -0.05) is 37.6 Å². The number of aliphatic imine (C=N–C) groups is 3. The van der Waals surface area contributed by atoms with Crippen molar-refractivity contribution in [2.75, 3.05) is 25.0 Å². The number of alkyl halides is 3. The van der Waals surface area contributed by atoms with Gasteiger partial charge < -0.3 is 20.7 Å². The number of carbonyl (C=O) groups is 2. The van der Waals surface area contributed by atoms with Gasteiger partial charge in [0.15, 0.2) is 6.61 Å². The highest BCUT2D eigenvalue weighted by atomic mass is 35.5. The van der Waals surface area contributed by atoms with E-state index in [-0.39, 0.29) is 29.7 Å². The molecule has 0 saturated heterocycles. The molecule has 1 saturated carbocycles. The zero-order valence-corrected chi connectivity index (χ0v) is 24.0. The summed E-state index contributed by atoms with van der Waals surface area (Å²) in [7, 11) is 0. The largest absolute Gasteiger partial charge is 0.454 e. The van der Waals surface area contributed by atoms with Crippen LogP contribution in [0, 0.1) is 11.2 Å². The van der Waals surface area contributed by atoms with Gasteiger partial charge in [-0.2, -0.15) is 18.2 Å². The van der Waals surface area contributed by atoms with Gasteiger partial charge in [-0.15, -0.1) is 0 Å². The number of carbonyl (C=O) groups excluding carboxylic acids is 2. The van der Waals surface area contributed by atoms with Crippen LogP contribution in [-0.4, -0.2) is 56.4 Å². The van der Waals surface area contributed by atoms with E-state index in [0.717, 1.165) is 11.6 Å². The van der Waals surface area contributed by atoms with E-state index in [9.17, 15) is 22.8 Å². The number of guanidine groups is 1. The van der Waals surface area contributed by atoms with Crippen LogP contribution in [-0.2, 0) is 15.1 Å². The quantitative estimate of drug-likeness (QED) is 0.198. The summed E-state index contributed by atoms with van der Waals surface area (Å²) in [6.07, 6.45) is -3.42. The highest BCUT2D eigenvalue weighted by Crippen LogP contribution is 2.50. The molecule has 14 heteroatoms. The minimum absolute atomic E-state index is 0.115. The Labute approximate surface area is 245 Å². The molecular formula is C28H31ClF4N6O3. The average molecular weight is 611 g/mol. The van der Waals surface area contributed by atoms with Crippen molar-refractivity contribution in [1.29, 1.82) is 0 Å². The molecule has 226 valence electrons. The van der Waals surface area contributed by atoms with E-state index in [0.29, 0.717) is 24.4 Å². The molecule has 0 radical (unpaired) electrons. The first-order chi connectivity index (χ1) is 19.6. The third-order valence-electron chi connectivity index (χ3n) is 6.14. The molecule has 1 aliphatic carbocycles. The van der Waals surface area contributed by atoms with E-state index in [1.165, 1.54) is 19.1 Å². The second-order valence-electron chi connectivity index (χ2n) is 10.5. The Balaban J connectivity index is 1.84. The number of anilines is 1. The van der Waals surface area contributed by atoms with Gasteiger partial charge in [0, 0.05) is 30.7 Å². The number of amides is 2. The van der Waals surface area contributed by atoms with Crippen LogP contribution >= 0.6 is 11.6 Å². The smallest absolute Gasteiger partial charge is 0.422 e. The molecule has 2 amide bonds. The lowest BCUT2D eigenvalue weighted by Crippen LogP contribution is -2.41. The minimum atomic E-state index is -4.64. The number of nitrogens with one attached hydrogen (secondary N) is 3. The SMILES string of the molecule is C=N/C(=N\C(=NC1(c2ccc(Cl)cc2)CC1)Nc1ccc(C(=O)NCC(C)(C)CNC(C)=O)c(F)c1)OCC(F)(F)F. The first kappa shape index (κ1) is 32.5. The number of benzene rings is 2. The van der Waals surface area contributed by atoms with Gasteiger partial charge in [0.05, 0.1) is 11.1 Å². The summed E-state index contributed by atoms with van der Waals surface area (Å²) in [4.78, 5) is 35.8. The van der Waals surface area contributed by atoms with E-state index in [4.69, 9.17) is 11.6 Å². The normalized spacial score (nSPS) is 15.0. The van der Waals surface area contributed by atoms with Crippen molar-refractivity contribution in [1.82, 2.24) is 10.6 Å². The fourth-order valence-electron chi connectivity index (χ4n) is 3.72. The summed E-state index contributed by atoms with van der Waals surface area (Å²) >= 11 is 5.99. The maximum Gasteiger partial charge on any atom is 0.422 e. The molecule has 1 aliphatic rings. The molecule has 0 unspecified atom stereocenters. The Morgan fingerprint density at radius 2 is 1.71 bits per heavy atom. The van der Waals surface area contributed by atoms with Gasteiger partial charge in [0.25, 0.3) is 5.91 Å². The lowest BCUT2D eigenvalue weighted by Gasteiger charge is -2.25. The van der Waals surface area contributed by atoms with E-state index < -0.39 is 41.5 Å². The lowest BCUT2D eigenvalue weighted by molar-refractivity contribution is -0.156. The molecule has 0 spiro atoms. The monoisotopic (exact) mass is 610 g/mol. The highest BCUT2D eigenvalue weighted by molar-refractivity contribution is 6.30. The van der Waals surface area contributed by atoms with Crippen molar-refractivity contribution in [2.45, 2.75) is 45.3 Å². The number of nitrogens with zero attached hydrogens (tertiary/aromatic N) is 3. The van der Waals surface area contributed by atoms with Crippen LogP contribution in [0.5, 0.6) is 0 Å². The highest BCUT2D eigenvalue weighted by Gasteiger charge is 2.45.